The molecule has 0 bridgehead atoms. The van der Waals surface area contributed by atoms with Crippen molar-refractivity contribution < 1.29 is 18.0 Å². The number of hydrogen-bond acceptors (Lipinski definition) is 4. The maximum atomic E-state index is 12.8. The molecule has 7 nitrogen and oxygen atoms in total. The largest absolute Gasteiger partial charge is 0.352 e. The number of carbonyl (C=O) groups is 2. The normalized spacial score (nSPS) is 15.0. The topological polar surface area (TPSA) is 95.6 Å². The van der Waals surface area contributed by atoms with Crippen LogP contribution in [0.25, 0.3) is 0 Å². The van der Waals surface area contributed by atoms with Gasteiger partial charge in [-0.15, -0.1) is 0 Å². The van der Waals surface area contributed by atoms with Gasteiger partial charge in [-0.25, -0.2) is 13.1 Å². The van der Waals surface area contributed by atoms with Crippen LogP contribution in [-0.4, -0.2) is 44.8 Å². The highest BCUT2D eigenvalue weighted by Gasteiger charge is 2.28. The molecule has 0 atom stereocenters. The average molecular weight is 430 g/mol. The molecule has 1 fully saturated rings. The fourth-order valence-electron chi connectivity index (χ4n) is 3.53. The van der Waals surface area contributed by atoms with Gasteiger partial charge < -0.3 is 10.2 Å². The maximum absolute atomic E-state index is 12.8. The van der Waals surface area contributed by atoms with Crippen molar-refractivity contribution >= 4 is 21.8 Å². The first-order valence-corrected chi connectivity index (χ1v) is 11.6. The van der Waals surface area contributed by atoms with Gasteiger partial charge in [0.15, 0.2) is 0 Å². The van der Waals surface area contributed by atoms with Gasteiger partial charge in [-0.2, -0.15) is 0 Å². The number of likely N-dealkylation sites (tertiary alicyclic amines) is 1. The summed E-state index contributed by atoms with van der Waals surface area (Å²) >= 11 is 0. The number of carbonyl (C=O) groups excluding carboxylic acids is 2. The molecule has 160 valence electrons. The van der Waals surface area contributed by atoms with Crippen molar-refractivity contribution in [3.05, 3.63) is 65.7 Å². The van der Waals surface area contributed by atoms with Gasteiger partial charge >= 0.3 is 0 Å². The Morgan fingerprint density at radius 2 is 1.73 bits per heavy atom. The smallest absolute Gasteiger partial charge is 0.253 e. The first-order valence-electron chi connectivity index (χ1n) is 10.1. The number of nitrogens with zero attached hydrogens (tertiary/aromatic N) is 1. The Morgan fingerprint density at radius 1 is 1.03 bits per heavy atom. The SMILES string of the molecule is CCNS(=O)(=O)c1cccc(C(=O)N2CCC(C(=O)NCc3ccccc3)CC2)c1. The summed E-state index contributed by atoms with van der Waals surface area (Å²) in [4.78, 5) is 27.0. The van der Waals surface area contributed by atoms with E-state index in [0.29, 0.717) is 38.0 Å². The number of hydrogen-bond donors (Lipinski definition) is 2. The number of rotatable bonds is 7. The van der Waals surface area contributed by atoms with Gasteiger partial charge in [-0.1, -0.05) is 43.3 Å². The molecule has 1 aliphatic heterocycles. The third-order valence-electron chi connectivity index (χ3n) is 5.19. The molecule has 2 aromatic carbocycles. The standard InChI is InChI=1S/C22H27N3O4S/c1-2-24-30(28,29)20-10-6-9-19(15-20)22(27)25-13-11-18(12-14-25)21(26)23-16-17-7-4-3-5-8-17/h3-10,15,18,24H,2,11-14,16H2,1H3,(H,23,26). The van der Waals surface area contributed by atoms with Crippen molar-refractivity contribution in [1.82, 2.24) is 14.9 Å². The van der Waals surface area contributed by atoms with Crippen LogP contribution in [0.1, 0.15) is 35.7 Å². The lowest BCUT2D eigenvalue weighted by atomic mass is 9.95. The van der Waals surface area contributed by atoms with E-state index >= 15 is 0 Å². The van der Waals surface area contributed by atoms with Crippen molar-refractivity contribution in [3.63, 3.8) is 0 Å². The number of nitrogens with one attached hydrogen (secondary N) is 2. The molecule has 1 aliphatic rings. The lowest BCUT2D eigenvalue weighted by Crippen LogP contribution is -2.43. The van der Waals surface area contributed by atoms with Gasteiger partial charge in [0.25, 0.3) is 5.91 Å². The van der Waals surface area contributed by atoms with E-state index in [4.69, 9.17) is 0 Å². The Bertz CT molecular complexity index is 984. The second kappa shape index (κ2) is 9.86. The van der Waals surface area contributed by atoms with E-state index in [2.05, 4.69) is 10.0 Å². The molecule has 2 amide bonds. The van der Waals surface area contributed by atoms with Gasteiger partial charge in [0.2, 0.25) is 15.9 Å². The molecule has 1 heterocycles. The van der Waals surface area contributed by atoms with Gasteiger partial charge in [-0.3, -0.25) is 9.59 Å². The number of amides is 2. The Balaban J connectivity index is 1.56. The first kappa shape index (κ1) is 22.0. The predicted octanol–water partition coefficient (Wildman–Crippen LogP) is 2.15. The van der Waals surface area contributed by atoms with E-state index in [1.54, 1.807) is 24.0 Å². The molecule has 3 rings (SSSR count). The van der Waals surface area contributed by atoms with E-state index in [1.807, 2.05) is 30.3 Å². The average Bonchev–Trinajstić information content (AvgIpc) is 2.78. The van der Waals surface area contributed by atoms with Crippen LogP contribution in [0.15, 0.2) is 59.5 Å². The predicted molar refractivity (Wildman–Crippen MR) is 114 cm³/mol. The minimum absolute atomic E-state index is 0.00434. The van der Waals surface area contributed by atoms with Gasteiger partial charge in [0.05, 0.1) is 4.90 Å². The van der Waals surface area contributed by atoms with E-state index in [1.165, 1.54) is 12.1 Å². The van der Waals surface area contributed by atoms with E-state index in [0.717, 1.165) is 5.56 Å². The second-order valence-electron chi connectivity index (χ2n) is 7.30. The summed E-state index contributed by atoms with van der Waals surface area (Å²) in [5.74, 6) is -0.338. The molecule has 30 heavy (non-hydrogen) atoms. The zero-order valence-electron chi connectivity index (χ0n) is 17.0. The first-order chi connectivity index (χ1) is 14.4. The van der Waals surface area contributed by atoms with E-state index in [9.17, 15) is 18.0 Å². The summed E-state index contributed by atoms with van der Waals surface area (Å²) in [5, 5.41) is 2.96. The number of benzene rings is 2. The molecule has 0 spiro atoms. The Hall–Kier alpha value is -2.71. The molecule has 0 saturated carbocycles. The Morgan fingerprint density at radius 3 is 2.40 bits per heavy atom. The van der Waals surface area contributed by atoms with Crippen LogP contribution in [0, 0.1) is 5.92 Å². The molecule has 0 radical (unpaired) electrons. The third-order valence-corrected chi connectivity index (χ3v) is 6.73. The maximum Gasteiger partial charge on any atom is 0.253 e. The lowest BCUT2D eigenvalue weighted by Gasteiger charge is -2.31. The lowest BCUT2D eigenvalue weighted by molar-refractivity contribution is -0.126. The van der Waals surface area contributed by atoms with Crippen LogP contribution in [-0.2, 0) is 21.4 Å². The number of piperidine rings is 1. The summed E-state index contributed by atoms with van der Waals surface area (Å²) in [7, 11) is -3.62. The minimum atomic E-state index is -3.62. The molecule has 8 heteroatoms. The molecular formula is C22H27N3O4S. The summed E-state index contributed by atoms with van der Waals surface area (Å²) in [5.41, 5.74) is 1.38. The highest BCUT2D eigenvalue weighted by Crippen LogP contribution is 2.21. The Kier molecular flexibility index (Phi) is 7.23. The summed E-state index contributed by atoms with van der Waals surface area (Å²) in [6.45, 7) is 3.40. The van der Waals surface area contributed by atoms with Crippen LogP contribution in [0.5, 0.6) is 0 Å². The van der Waals surface area contributed by atoms with Crippen molar-refractivity contribution in [1.29, 1.82) is 0 Å². The van der Waals surface area contributed by atoms with Crippen molar-refractivity contribution in [3.8, 4) is 0 Å². The highest BCUT2D eigenvalue weighted by molar-refractivity contribution is 7.89. The summed E-state index contributed by atoms with van der Waals surface area (Å²) < 4.78 is 26.8. The van der Waals surface area contributed by atoms with Crippen LogP contribution in [0.3, 0.4) is 0 Å². The van der Waals surface area contributed by atoms with Gasteiger partial charge in [0.1, 0.15) is 0 Å². The zero-order chi connectivity index (χ0) is 21.6. The molecular weight excluding hydrogens is 402 g/mol. The zero-order valence-corrected chi connectivity index (χ0v) is 17.8. The molecule has 0 aromatic heterocycles. The van der Waals surface area contributed by atoms with E-state index in [-0.39, 0.29) is 29.2 Å². The molecule has 2 aromatic rings. The van der Waals surface area contributed by atoms with E-state index < -0.39 is 10.0 Å². The molecule has 2 N–H and O–H groups in total. The number of sulfonamides is 1. The van der Waals surface area contributed by atoms with Crippen LogP contribution in [0.4, 0.5) is 0 Å². The fraction of sp³-hybridized carbons (Fsp3) is 0.364. The molecule has 1 saturated heterocycles. The van der Waals surface area contributed by atoms with Crippen molar-refractivity contribution in [2.45, 2.75) is 31.2 Å². The van der Waals surface area contributed by atoms with Crippen LogP contribution < -0.4 is 10.0 Å². The summed E-state index contributed by atoms with van der Waals surface area (Å²) in [6.07, 6.45) is 1.17. The van der Waals surface area contributed by atoms with Crippen LogP contribution in [0.2, 0.25) is 0 Å². The minimum Gasteiger partial charge on any atom is -0.352 e. The van der Waals surface area contributed by atoms with Crippen LogP contribution >= 0.6 is 0 Å². The fourth-order valence-corrected chi connectivity index (χ4v) is 4.61. The summed E-state index contributed by atoms with van der Waals surface area (Å²) in [6, 6.07) is 15.8. The monoisotopic (exact) mass is 429 g/mol. The van der Waals surface area contributed by atoms with Crippen molar-refractivity contribution in [2.24, 2.45) is 5.92 Å². The molecule has 0 aliphatic carbocycles. The second-order valence-corrected chi connectivity index (χ2v) is 9.07. The Labute approximate surface area is 177 Å². The van der Waals surface area contributed by atoms with Gasteiger partial charge in [0, 0.05) is 37.7 Å². The third kappa shape index (κ3) is 5.46. The van der Waals surface area contributed by atoms with Gasteiger partial charge in [-0.05, 0) is 36.6 Å². The van der Waals surface area contributed by atoms with Crippen molar-refractivity contribution in [2.75, 3.05) is 19.6 Å². The quantitative estimate of drug-likeness (QED) is 0.705. The molecule has 0 unspecified atom stereocenters. The highest BCUT2D eigenvalue weighted by atomic mass is 32.2.